The summed E-state index contributed by atoms with van der Waals surface area (Å²) in [6, 6.07) is 3.70. The molecule has 1 atom stereocenters. The number of ether oxygens (including phenoxy) is 3. The normalized spacial score (nSPS) is 17.6. The first-order valence-electron chi connectivity index (χ1n) is 7.94. The van der Waals surface area contributed by atoms with E-state index in [1.54, 1.807) is 18.3 Å². The molecule has 6 nitrogen and oxygen atoms in total. The lowest BCUT2D eigenvalue weighted by Crippen LogP contribution is -2.32. The smallest absolute Gasteiger partial charge is 0.161 e. The summed E-state index contributed by atoms with van der Waals surface area (Å²) in [6.45, 7) is 6.24. The zero-order chi connectivity index (χ0) is 16.9. The van der Waals surface area contributed by atoms with Gasteiger partial charge in [0.1, 0.15) is 5.82 Å². The molecule has 0 spiro atoms. The van der Waals surface area contributed by atoms with Gasteiger partial charge in [-0.2, -0.15) is 0 Å². The van der Waals surface area contributed by atoms with Crippen molar-refractivity contribution in [3.05, 3.63) is 42.7 Å². The highest BCUT2D eigenvalue weighted by molar-refractivity contribution is 5.64. The highest BCUT2D eigenvalue weighted by atomic mass is 16.6. The molecule has 6 heteroatoms. The van der Waals surface area contributed by atoms with Crippen LogP contribution in [0.25, 0.3) is 11.4 Å². The molecule has 128 valence electrons. The fraction of sp³-hybridized carbons (Fsp3) is 0.389. The minimum atomic E-state index is 0.0124. The summed E-state index contributed by atoms with van der Waals surface area (Å²) in [5, 5.41) is 10.2. The zero-order valence-electron chi connectivity index (χ0n) is 13.8. The Hall–Kier alpha value is -2.31. The van der Waals surface area contributed by atoms with Crippen LogP contribution in [0.5, 0.6) is 11.5 Å². The lowest BCUT2D eigenvalue weighted by molar-refractivity contribution is -0.0934. The van der Waals surface area contributed by atoms with Crippen molar-refractivity contribution in [3.8, 4) is 22.9 Å². The van der Waals surface area contributed by atoms with Crippen LogP contribution >= 0.6 is 0 Å². The quantitative estimate of drug-likeness (QED) is 0.824. The number of hydrogen-bond donors (Lipinski definition) is 1. The minimum Gasteiger partial charge on any atom is -0.504 e. The van der Waals surface area contributed by atoms with Gasteiger partial charge in [0.25, 0.3) is 0 Å². The predicted molar refractivity (Wildman–Crippen MR) is 90.3 cm³/mol. The summed E-state index contributed by atoms with van der Waals surface area (Å²) in [6.07, 6.45) is 5.98. The van der Waals surface area contributed by atoms with Crippen LogP contribution < -0.4 is 4.74 Å². The lowest BCUT2D eigenvalue weighted by Gasteiger charge is -2.24. The SMILES string of the molecule is C=CCc1cc(-c2nccn2CC2COCCO2)cc(OC)c1O. The maximum absolute atomic E-state index is 10.2. The van der Waals surface area contributed by atoms with Gasteiger partial charge in [0.05, 0.1) is 39.6 Å². The van der Waals surface area contributed by atoms with E-state index >= 15 is 0 Å². The van der Waals surface area contributed by atoms with Gasteiger partial charge in [-0.15, -0.1) is 6.58 Å². The Balaban J connectivity index is 1.92. The van der Waals surface area contributed by atoms with E-state index in [-0.39, 0.29) is 11.9 Å². The molecule has 2 aromatic rings. The Labute approximate surface area is 141 Å². The molecule has 0 radical (unpaired) electrons. The number of phenolic OH excluding ortho intramolecular Hbond substituents is 1. The van der Waals surface area contributed by atoms with Gasteiger partial charge in [-0.25, -0.2) is 4.98 Å². The van der Waals surface area contributed by atoms with Crippen LogP contribution in [0.15, 0.2) is 37.2 Å². The largest absolute Gasteiger partial charge is 0.504 e. The Bertz CT molecular complexity index is 705. The van der Waals surface area contributed by atoms with Crippen LogP contribution in [0.3, 0.4) is 0 Å². The van der Waals surface area contributed by atoms with Gasteiger partial charge >= 0.3 is 0 Å². The summed E-state index contributed by atoms with van der Waals surface area (Å²) in [5.41, 5.74) is 1.63. The van der Waals surface area contributed by atoms with Crippen LogP contribution in [0, 0.1) is 0 Å². The second-order valence-electron chi connectivity index (χ2n) is 5.65. The molecule has 3 rings (SSSR count). The van der Waals surface area contributed by atoms with Crippen molar-refractivity contribution < 1.29 is 19.3 Å². The number of aromatic nitrogens is 2. The Morgan fingerprint density at radius 1 is 1.46 bits per heavy atom. The number of allylic oxidation sites excluding steroid dienone is 1. The third-order valence-electron chi connectivity index (χ3n) is 4.00. The van der Waals surface area contributed by atoms with E-state index in [4.69, 9.17) is 14.2 Å². The average Bonchev–Trinajstić information content (AvgIpc) is 3.06. The summed E-state index contributed by atoms with van der Waals surface area (Å²) in [4.78, 5) is 4.46. The predicted octanol–water partition coefficient (Wildman–Crippen LogP) is 2.41. The van der Waals surface area contributed by atoms with Gasteiger partial charge in [-0.05, 0) is 18.6 Å². The summed E-state index contributed by atoms with van der Waals surface area (Å²) in [5.74, 6) is 1.37. The van der Waals surface area contributed by atoms with Gasteiger partial charge in [0, 0.05) is 23.5 Å². The van der Waals surface area contributed by atoms with E-state index in [2.05, 4.69) is 11.6 Å². The van der Waals surface area contributed by atoms with Gasteiger partial charge in [-0.1, -0.05) is 6.08 Å². The summed E-state index contributed by atoms with van der Waals surface area (Å²) >= 11 is 0. The molecule has 2 heterocycles. The molecule has 0 aliphatic carbocycles. The molecule has 1 aromatic carbocycles. The van der Waals surface area contributed by atoms with Crippen molar-refractivity contribution in [3.63, 3.8) is 0 Å². The third-order valence-corrected chi connectivity index (χ3v) is 4.00. The fourth-order valence-electron chi connectivity index (χ4n) is 2.84. The van der Waals surface area contributed by atoms with E-state index in [1.807, 2.05) is 16.8 Å². The molecule has 1 fully saturated rings. The molecule has 24 heavy (non-hydrogen) atoms. The van der Waals surface area contributed by atoms with Gasteiger partial charge in [-0.3, -0.25) is 0 Å². The molecule has 0 saturated carbocycles. The van der Waals surface area contributed by atoms with Crippen molar-refractivity contribution in [2.75, 3.05) is 26.9 Å². The van der Waals surface area contributed by atoms with Crippen molar-refractivity contribution in [2.24, 2.45) is 0 Å². The van der Waals surface area contributed by atoms with E-state index in [0.717, 1.165) is 17.0 Å². The Morgan fingerprint density at radius 2 is 2.33 bits per heavy atom. The Morgan fingerprint density at radius 3 is 3.04 bits per heavy atom. The number of hydrogen-bond acceptors (Lipinski definition) is 5. The standard InChI is InChI=1S/C18H22N2O4/c1-3-4-13-9-14(10-16(22-2)17(13)21)18-19-5-6-20(18)11-15-12-23-7-8-24-15/h3,5-6,9-10,15,21H,1,4,7-8,11-12H2,2H3. The van der Waals surface area contributed by atoms with E-state index in [0.29, 0.717) is 38.5 Å². The molecule has 1 N–H and O–H groups in total. The van der Waals surface area contributed by atoms with Gasteiger partial charge in [0.15, 0.2) is 11.5 Å². The highest BCUT2D eigenvalue weighted by Gasteiger charge is 2.18. The van der Waals surface area contributed by atoms with Crippen LogP contribution in [0.2, 0.25) is 0 Å². The molecule has 1 aromatic heterocycles. The maximum Gasteiger partial charge on any atom is 0.161 e. The molecule has 1 aliphatic heterocycles. The Kier molecular flexibility index (Phi) is 5.17. The van der Waals surface area contributed by atoms with E-state index < -0.39 is 0 Å². The van der Waals surface area contributed by atoms with Crippen molar-refractivity contribution in [2.45, 2.75) is 19.1 Å². The molecule has 1 unspecified atom stereocenters. The van der Waals surface area contributed by atoms with Crippen molar-refractivity contribution in [1.82, 2.24) is 9.55 Å². The lowest BCUT2D eigenvalue weighted by atomic mass is 10.0. The van der Waals surface area contributed by atoms with Crippen LogP contribution in [0.1, 0.15) is 5.56 Å². The molecular weight excluding hydrogens is 308 g/mol. The number of imidazole rings is 1. The molecular formula is C18H22N2O4. The third kappa shape index (κ3) is 3.44. The summed E-state index contributed by atoms with van der Waals surface area (Å²) in [7, 11) is 1.54. The second kappa shape index (κ2) is 7.51. The van der Waals surface area contributed by atoms with Gasteiger partial charge in [0.2, 0.25) is 0 Å². The fourth-order valence-corrected chi connectivity index (χ4v) is 2.84. The summed E-state index contributed by atoms with van der Waals surface area (Å²) < 4.78 is 18.5. The average molecular weight is 330 g/mol. The molecule has 1 aliphatic rings. The first kappa shape index (κ1) is 16.5. The number of phenols is 1. The van der Waals surface area contributed by atoms with E-state index in [1.165, 1.54) is 7.11 Å². The number of nitrogens with zero attached hydrogens (tertiary/aromatic N) is 2. The number of benzene rings is 1. The first-order valence-corrected chi connectivity index (χ1v) is 7.94. The second-order valence-corrected chi connectivity index (χ2v) is 5.65. The van der Waals surface area contributed by atoms with Gasteiger partial charge < -0.3 is 23.9 Å². The molecule has 1 saturated heterocycles. The maximum atomic E-state index is 10.2. The topological polar surface area (TPSA) is 65.7 Å². The van der Waals surface area contributed by atoms with Crippen LogP contribution in [-0.2, 0) is 22.4 Å². The highest BCUT2D eigenvalue weighted by Crippen LogP contribution is 2.35. The first-order chi connectivity index (χ1) is 11.7. The number of rotatable bonds is 6. The van der Waals surface area contributed by atoms with Crippen LogP contribution in [-0.4, -0.2) is 47.7 Å². The van der Waals surface area contributed by atoms with Crippen molar-refractivity contribution in [1.29, 1.82) is 0 Å². The zero-order valence-corrected chi connectivity index (χ0v) is 13.8. The minimum absolute atomic E-state index is 0.0124. The monoisotopic (exact) mass is 330 g/mol. The molecule has 0 amide bonds. The van der Waals surface area contributed by atoms with Crippen LogP contribution in [0.4, 0.5) is 0 Å². The number of methoxy groups -OCH3 is 1. The van der Waals surface area contributed by atoms with E-state index in [9.17, 15) is 5.11 Å². The number of aromatic hydroxyl groups is 1. The molecule has 0 bridgehead atoms. The van der Waals surface area contributed by atoms with Crippen molar-refractivity contribution >= 4 is 0 Å².